The van der Waals surface area contributed by atoms with Crippen molar-refractivity contribution in [3.63, 3.8) is 0 Å². The maximum atomic E-state index is 11.5. The van der Waals surface area contributed by atoms with E-state index in [1.54, 1.807) is 23.5 Å². The Balaban J connectivity index is 1.88. The van der Waals surface area contributed by atoms with Crippen molar-refractivity contribution in [2.45, 2.75) is 31.7 Å². The summed E-state index contributed by atoms with van der Waals surface area (Å²) >= 11 is 1.65. The standard InChI is InChI=1S/C17H24N4O2S2/c1-4-18-17(21-12-16-20-11-13(2)24-16)19-10-9-14-5-7-15(8-6-14)25(3,22)23/h5-8,11H,4,9-10,12H2,1-3H3,(H2,18,19,21). The van der Waals surface area contributed by atoms with E-state index < -0.39 is 9.84 Å². The van der Waals surface area contributed by atoms with Crippen molar-refractivity contribution in [1.29, 1.82) is 0 Å². The Morgan fingerprint density at radius 2 is 1.96 bits per heavy atom. The van der Waals surface area contributed by atoms with Crippen molar-refractivity contribution in [1.82, 2.24) is 15.6 Å². The van der Waals surface area contributed by atoms with Gasteiger partial charge in [0.05, 0.1) is 11.4 Å². The van der Waals surface area contributed by atoms with Crippen LogP contribution in [0.3, 0.4) is 0 Å². The van der Waals surface area contributed by atoms with E-state index in [2.05, 4.69) is 20.6 Å². The molecule has 0 spiro atoms. The van der Waals surface area contributed by atoms with Crippen LogP contribution in [0.25, 0.3) is 0 Å². The molecule has 0 saturated heterocycles. The molecule has 1 aromatic heterocycles. The fourth-order valence-corrected chi connectivity index (χ4v) is 3.53. The quantitative estimate of drug-likeness (QED) is 0.568. The van der Waals surface area contributed by atoms with Crippen molar-refractivity contribution in [3.8, 4) is 0 Å². The van der Waals surface area contributed by atoms with Gasteiger partial charge in [0, 0.05) is 30.4 Å². The fourth-order valence-electron chi connectivity index (χ4n) is 2.19. The number of sulfone groups is 1. The maximum absolute atomic E-state index is 11.5. The van der Waals surface area contributed by atoms with Crippen LogP contribution in [0.4, 0.5) is 0 Å². The van der Waals surface area contributed by atoms with Gasteiger partial charge in [-0.2, -0.15) is 0 Å². The average Bonchev–Trinajstić information content (AvgIpc) is 2.98. The first-order chi connectivity index (χ1) is 11.9. The number of aryl methyl sites for hydroxylation is 1. The smallest absolute Gasteiger partial charge is 0.191 e. The Labute approximate surface area is 153 Å². The molecule has 0 aliphatic carbocycles. The molecule has 1 heterocycles. The first kappa shape index (κ1) is 19.4. The zero-order valence-corrected chi connectivity index (χ0v) is 16.4. The molecule has 0 radical (unpaired) electrons. The van der Waals surface area contributed by atoms with Crippen LogP contribution in [-0.2, 0) is 22.8 Å². The molecule has 8 heteroatoms. The van der Waals surface area contributed by atoms with Gasteiger partial charge in [0.15, 0.2) is 15.8 Å². The third kappa shape index (κ3) is 6.47. The summed E-state index contributed by atoms with van der Waals surface area (Å²) in [5, 5.41) is 7.49. The summed E-state index contributed by atoms with van der Waals surface area (Å²) in [5.74, 6) is 0.753. The summed E-state index contributed by atoms with van der Waals surface area (Å²) in [6.45, 7) is 6.10. The number of thiazole rings is 1. The molecule has 136 valence electrons. The lowest BCUT2D eigenvalue weighted by Gasteiger charge is -2.11. The lowest BCUT2D eigenvalue weighted by atomic mass is 10.1. The zero-order valence-electron chi connectivity index (χ0n) is 14.7. The molecule has 0 bridgehead atoms. The molecule has 0 amide bonds. The molecule has 0 atom stereocenters. The highest BCUT2D eigenvalue weighted by Gasteiger charge is 2.06. The minimum Gasteiger partial charge on any atom is -0.357 e. The van der Waals surface area contributed by atoms with Crippen molar-refractivity contribution in [3.05, 3.63) is 45.9 Å². The van der Waals surface area contributed by atoms with Crippen LogP contribution in [0.15, 0.2) is 40.4 Å². The molecule has 1 aromatic carbocycles. The molecule has 2 aromatic rings. The molecule has 25 heavy (non-hydrogen) atoms. The number of guanidine groups is 1. The van der Waals surface area contributed by atoms with Crippen LogP contribution in [-0.4, -0.2) is 38.7 Å². The number of aromatic nitrogens is 1. The van der Waals surface area contributed by atoms with Crippen LogP contribution in [0, 0.1) is 6.92 Å². The predicted octanol–water partition coefficient (Wildman–Crippen LogP) is 2.15. The van der Waals surface area contributed by atoms with Crippen molar-refractivity contribution < 1.29 is 8.42 Å². The van der Waals surface area contributed by atoms with Crippen LogP contribution in [0.2, 0.25) is 0 Å². The Morgan fingerprint density at radius 3 is 2.52 bits per heavy atom. The Bertz CT molecular complexity index is 811. The molecule has 0 unspecified atom stereocenters. The van der Waals surface area contributed by atoms with E-state index in [1.165, 1.54) is 11.1 Å². The maximum Gasteiger partial charge on any atom is 0.191 e. The molecular weight excluding hydrogens is 356 g/mol. The third-order valence-electron chi connectivity index (χ3n) is 3.44. The normalized spacial score (nSPS) is 12.2. The largest absolute Gasteiger partial charge is 0.357 e. The number of hydrogen-bond acceptors (Lipinski definition) is 5. The zero-order chi connectivity index (χ0) is 18.3. The van der Waals surface area contributed by atoms with E-state index in [-0.39, 0.29) is 0 Å². The van der Waals surface area contributed by atoms with Gasteiger partial charge < -0.3 is 10.6 Å². The number of benzene rings is 1. The molecule has 2 N–H and O–H groups in total. The fraction of sp³-hybridized carbons (Fsp3) is 0.412. The minimum absolute atomic E-state index is 0.345. The highest BCUT2D eigenvalue weighted by Crippen LogP contribution is 2.12. The molecule has 0 fully saturated rings. The first-order valence-electron chi connectivity index (χ1n) is 8.11. The summed E-state index contributed by atoms with van der Waals surface area (Å²) in [7, 11) is -3.14. The van der Waals surface area contributed by atoms with Crippen molar-refractivity contribution in [2.75, 3.05) is 19.3 Å². The van der Waals surface area contributed by atoms with E-state index in [9.17, 15) is 8.42 Å². The van der Waals surface area contributed by atoms with Crippen LogP contribution in [0.5, 0.6) is 0 Å². The summed E-state index contributed by atoms with van der Waals surface area (Å²) in [6.07, 6.45) is 3.85. The molecule has 2 rings (SSSR count). The molecule has 0 aliphatic heterocycles. The average molecular weight is 381 g/mol. The third-order valence-corrected chi connectivity index (χ3v) is 5.47. The van der Waals surface area contributed by atoms with Crippen molar-refractivity contribution in [2.24, 2.45) is 4.99 Å². The highest BCUT2D eigenvalue weighted by molar-refractivity contribution is 7.90. The van der Waals surface area contributed by atoms with Crippen molar-refractivity contribution >= 4 is 27.1 Å². The number of aliphatic imine (C=N–C) groups is 1. The van der Waals surface area contributed by atoms with Gasteiger partial charge in [0.1, 0.15) is 5.01 Å². The van der Waals surface area contributed by atoms with Crippen LogP contribution in [0.1, 0.15) is 22.4 Å². The van der Waals surface area contributed by atoms with E-state index in [0.717, 1.165) is 29.5 Å². The van der Waals surface area contributed by atoms with E-state index in [0.29, 0.717) is 18.0 Å². The van der Waals surface area contributed by atoms with Gasteiger partial charge in [-0.05, 0) is 38.0 Å². The van der Waals surface area contributed by atoms with E-state index in [1.807, 2.05) is 32.2 Å². The van der Waals surface area contributed by atoms with Gasteiger partial charge in [-0.15, -0.1) is 11.3 Å². The monoisotopic (exact) mass is 380 g/mol. The SMILES string of the molecule is CCNC(=NCc1ncc(C)s1)NCCc1ccc(S(C)(=O)=O)cc1. The van der Waals surface area contributed by atoms with E-state index >= 15 is 0 Å². The van der Waals surface area contributed by atoms with Gasteiger partial charge >= 0.3 is 0 Å². The lowest BCUT2D eigenvalue weighted by molar-refractivity contribution is 0.602. The number of nitrogens with zero attached hydrogens (tertiary/aromatic N) is 2. The number of hydrogen-bond donors (Lipinski definition) is 2. The summed E-state index contributed by atoms with van der Waals surface area (Å²) in [5.41, 5.74) is 1.08. The van der Waals surface area contributed by atoms with Gasteiger partial charge in [-0.1, -0.05) is 12.1 Å². The van der Waals surface area contributed by atoms with Crippen LogP contribution >= 0.6 is 11.3 Å². The molecule has 0 saturated carbocycles. The number of nitrogens with one attached hydrogen (secondary N) is 2. The molecule has 6 nitrogen and oxygen atoms in total. The van der Waals surface area contributed by atoms with Gasteiger partial charge in [-0.3, -0.25) is 0 Å². The molecule has 0 aliphatic rings. The van der Waals surface area contributed by atoms with Gasteiger partial charge in [0.2, 0.25) is 0 Å². The second-order valence-corrected chi connectivity index (χ2v) is 8.99. The van der Waals surface area contributed by atoms with Crippen LogP contribution < -0.4 is 10.6 Å². The minimum atomic E-state index is -3.14. The highest BCUT2D eigenvalue weighted by atomic mass is 32.2. The second-order valence-electron chi connectivity index (χ2n) is 5.65. The Hall–Kier alpha value is -1.93. The topological polar surface area (TPSA) is 83.4 Å². The number of rotatable bonds is 7. The lowest BCUT2D eigenvalue weighted by Crippen LogP contribution is -2.38. The molecular formula is C17H24N4O2S2. The second kappa shape index (κ2) is 8.96. The first-order valence-corrected chi connectivity index (χ1v) is 10.8. The van der Waals surface area contributed by atoms with Gasteiger partial charge in [-0.25, -0.2) is 18.4 Å². The van der Waals surface area contributed by atoms with E-state index in [4.69, 9.17) is 0 Å². The summed E-state index contributed by atoms with van der Waals surface area (Å²) in [4.78, 5) is 10.4. The Kier molecular flexibility index (Phi) is 6.95. The summed E-state index contributed by atoms with van der Waals surface area (Å²) < 4.78 is 22.9. The van der Waals surface area contributed by atoms with Gasteiger partial charge in [0.25, 0.3) is 0 Å². The Morgan fingerprint density at radius 1 is 1.24 bits per heavy atom. The predicted molar refractivity (Wildman–Crippen MR) is 103 cm³/mol. The summed E-state index contributed by atoms with van der Waals surface area (Å²) in [6, 6.07) is 6.99.